The van der Waals surface area contributed by atoms with Crippen molar-refractivity contribution in [3.63, 3.8) is 0 Å². The molecule has 1 fully saturated rings. The molecule has 7 rings (SSSR count). The van der Waals surface area contributed by atoms with Gasteiger partial charge < -0.3 is 20.0 Å². The summed E-state index contributed by atoms with van der Waals surface area (Å²) in [6.07, 6.45) is 3.56. The molecule has 0 unspecified atom stereocenters. The molecular formula is C33H34ClN9O2. The third-order valence-electron chi connectivity index (χ3n) is 8.61. The Labute approximate surface area is 265 Å². The van der Waals surface area contributed by atoms with Gasteiger partial charge in [-0.2, -0.15) is 10.2 Å². The van der Waals surface area contributed by atoms with Crippen molar-refractivity contribution in [1.29, 1.82) is 0 Å². The smallest absolute Gasteiger partial charge is 0.276 e. The number of anilines is 3. The number of piperazine rings is 1. The molecule has 5 heterocycles. The molecule has 0 saturated carbocycles. The number of hydrogen-bond acceptors (Lipinski definition) is 7. The average molecular weight is 624 g/mol. The molecule has 45 heavy (non-hydrogen) atoms. The average Bonchev–Trinajstić information content (AvgIpc) is 3.79. The van der Waals surface area contributed by atoms with Crippen LogP contribution in [-0.2, 0) is 17.9 Å². The summed E-state index contributed by atoms with van der Waals surface area (Å²) in [4.78, 5) is 37.1. The molecule has 230 valence electrons. The summed E-state index contributed by atoms with van der Waals surface area (Å²) in [5, 5.41) is 15.7. The van der Waals surface area contributed by atoms with Crippen LogP contribution in [0.4, 0.5) is 17.2 Å². The number of aromatic nitrogens is 5. The summed E-state index contributed by atoms with van der Waals surface area (Å²) in [6, 6.07) is 15.8. The highest BCUT2D eigenvalue weighted by atomic mass is 35.5. The van der Waals surface area contributed by atoms with E-state index in [0.717, 1.165) is 41.4 Å². The van der Waals surface area contributed by atoms with Gasteiger partial charge in [0.25, 0.3) is 5.91 Å². The molecule has 5 aromatic rings. The lowest BCUT2D eigenvalue weighted by atomic mass is 10.0. The maximum atomic E-state index is 13.9. The summed E-state index contributed by atoms with van der Waals surface area (Å²) >= 11 is 6.29. The molecule has 2 aromatic carbocycles. The Bertz CT molecular complexity index is 1910. The van der Waals surface area contributed by atoms with Crippen molar-refractivity contribution in [2.45, 2.75) is 39.8 Å². The van der Waals surface area contributed by atoms with Crippen molar-refractivity contribution in [1.82, 2.24) is 29.7 Å². The fourth-order valence-electron chi connectivity index (χ4n) is 6.25. The zero-order valence-corrected chi connectivity index (χ0v) is 26.2. The maximum absolute atomic E-state index is 13.9. The number of fused-ring (bicyclic) bond motifs is 2. The van der Waals surface area contributed by atoms with Gasteiger partial charge in [0.05, 0.1) is 11.9 Å². The van der Waals surface area contributed by atoms with Gasteiger partial charge in [-0.15, -0.1) is 0 Å². The molecule has 0 bridgehead atoms. The molecule has 2 aliphatic heterocycles. The summed E-state index contributed by atoms with van der Waals surface area (Å²) in [5.74, 6) is 0.557. The van der Waals surface area contributed by atoms with Gasteiger partial charge in [-0.25, -0.2) is 9.50 Å². The first-order valence-corrected chi connectivity index (χ1v) is 15.5. The molecule has 12 heteroatoms. The molecule has 0 radical (unpaired) electrons. The Balaban J connectivity index is 1.23. The van der Waals surface area contributed by atoms with Crippen LogP contribution in [0.25, 0.3) is 16.9 Å². The van der Waals surface area contributed by atoms with Gasteiger partial charge in [0.1, 0.15) is 5.82 Å². The SMILES string of the molecule is CC(=O)N1CCN(c2cccc(NC(=O)c3nn4c(-c5cn[nH]c5)cc(N5Cc6ccc(Cl)cc6C5)nc4c3C(C)C)c2)CC1. The highest BCUT2D eigenvalue weighted by Crippen LogP contribution is 2.35. The van der Waals surface area contributed by atoms with Gasteiger partial charge in [-0.3, -0.25) is 14.7 Å². The fourth-order valence-corrected chi connectivity index (χ4v) is 6.45. The minimum absolute atomic E-state index is 0.0262. The molecule has 3 aromatic heterocycles. The zero-order chi connectivity index (χ0) is 31.2. The highest BCUT2D eigenvalue weighted by Gasteiger charge is 2.28. The van der Waals surface area contributed by atoms with E-state index >= 15 is 0 Å². The van der Waals surface area contributed by atoms with Crippen LogP contribution in [-0.4, -0.2) is 67.7 Å². The molecule has 2 amide bonds. The summed E-state index contributed by atoms with van der Waals surface area (Å²) in [7, 11) is 0. The van der Waals surface area contributed by atoms with E-state index in [1.165, 1.54) is 11.1 Å². The Kier molecular flexibility index (Phi) is 7.40. The van der Waals surface area contributed by atoms with E-state index in [1.807, 2.05) is 53.6 Å². The highest BCUT2D eigenvalue weighted by molar-refractivity contribution is 6.30. The van der Waals surface area contributed by atoms with Crippen molar-refractivity contribution < 1.29 is 9.59 Å². The largest absolute Gasteiger partial charge is 0.368 e. The second-order valence-corrected chi connectivity index (χ2v) is 12.3. The van der Waals surface area contributed by atoms with E-state index in [1.54, 1.807) is 17.6 Å². The van der Waals surface area contributed by atoms with E-state index in [9.17, 15) is 9.59 Å². The van der Waals surface area contributed by atoms with Crippen LogP contribution >= 0.6 is 11.6 Å². The van der Waals surface area contributed by atoms with Crippen molar-refractivity contribution in [3.8, 4) is 11.3 Å². The first kappa shape index (κ1) is 28.8. The number of halogens is 1. The van der Waals surface area contributed by atoms with E-state index in [0.29, 0.717) is 48.2 Å². The topological polar surface area (TPSA) is 115 Å². The lowest BCUT2D eigenvalue weighted by Gasteiger charge is -2.35. The molecular weight excluding hydrogens is 590 g/mol. The first-order valence-electron chi connectivity index (χ1n) is 15.1. The van der Waals surface area contributed by atoms with Crippen molar-refractivity contribution >= 4 is 46.3 Å². The summed E-state index contributed by atoms with van der Waals surface area (Å²) < 4.78 is 1.75. The molecule has 2 N–H and O–H groups in total. The number of rotatable bonds is 6. The number of H-pyrrole nitrogens is 1. The number of carbonyl (C=O) groups is 2. The van der Waals surface area contributed by atoms with Crippen LogP contribution in [0.1, 0.15) is 53.9 Å². The van der Waals surface area contributed by atoms with Gasteiger partial charge in [0.15, 0.2) is 11.3 Å². The van der Waals surface area contributed by atoms with Crippen molar-refractivity contribution in [2.75, 3.05) is 41.3 Å². The maximum Gasteiger partial charge on any atom is 0.276 e. The number of hydrogen-bond donors (Lipinski definition) is 2. The predicted octanol–water partition coefficient (Wildman–Crippen LogP) is 5.34. The van der Waals surface area contributed by atoms with Crippen LogP contribution < -0.4 is 15.1 Å². The van der Waals surface area contributed by atoms with Crippen molar-refractivity contribution in [2.24, 2.45) is 0 Å². The van der Waals surface area contributed by atoms with Crippen LogP contribution in [0.3, 0.4) is 0 Å². The second-order valence-electron chi connectivity index (χ2n) is 11.9. The van der Waals surface area contributed by atoms with Gasteiger partial charge in [-0.05, 0) is 47.4 Å². The lowest BCUT2D eigenvalue weighted by Crippen LogP contribution is -2.48. The Morgan fingerprint density at radius 2 is 1.78 bits per heavy atom. The van der Waals surface area contributed by atoms with Crippen LogP contribution in [0.15, 0.2) is 60.9 Å². The Morgan fingerprint density at radius 3 is 2.51 bits per heavy atom. The molecule has 0 aliphatic carbocycles. The third-order valence-corrected chi connectivity index (χ3v) is 8.84. The molecule has 2 aliphatic rings. The predicted molar refractivity (Wildman–Crippen MR) is 175 cm³/mol. The Morgan fingerprint density at radius 1 is 0.978 bits per heavy atom. The van der Waals surface area contributed by atoms with Crippen LogP contribution in [0.2, 0.25) is 5.02 Å². The minimum Gasteiger partial charge on any atom is -0.368 e. The number of amides is 2. The normalized spacial score (nSPS) is 14.8. The lowest BCUT2D eigenvalue weighted by molar-refractivity contribution is -0.129. The number of aromatic amines is 1. The number of carbonyl (C=O) groups excluding carboxylic acids is 2. The van der Waals surface area contributed by atoms with Gasteiger partial charge >= 0.3 is 0 Å². The molecule has 0 spiro atoms. The van der Waals surface area contributed by atoms with E-state index < -0.39 is 0 Å². The van der Waals surface area contributed by atoms with E-state index in [-0.39, 0.29) is 17.7 Å². The van der Waals surface area contributed by atoms with Gasteiger partial charge in [-0.1, -0.05) is 37.6 Å². The summed E-state index contributed by atoms with van der Waals surface area (Å²) in [6.45, 7) is 9.92. The monoisotopic (exact) mass is 623 g/mol. The van der Waals surface area contributed by atoms with E-state index in [2.05, 4.69) is 45.2 Å². The van der Waals surface area contributed by atoms with Gasteiger partial charge in [0.2, 0.25) is 5.91 Å². The number of benzene rings is 2. The Hall–Kier alpha value is -4.90. The standard InChI is InChI=1S/C33H34ClN9O2/c1-20(2)30-31(33(45)37-26-5-4-6-27(14-26)41-11-9-40(10-12-41)21(3)44)39-43-28(24-16-35-36-17-24)15-29(38-32(30)43)42-18-22-7-8-25(34)13-23(22)19-42/h4-8,13-17,20H,9-12,18-19H2,1-3H3,(H,35,36)(H,37,45). The van der Waals surface area contributed by atoms with E-state index in [4.69, 9.17) is 21.7 Å². The second kappa shape index (κ2) is 11.6. The zero-order valence-electron chi connectivity index (χ0n) is 25.4. The molecule has 11 nitrogen and oxygen atoms in total. The summed E-state index contributed by atoms with van der Waals surface area (Å²) in [5.41, 5.74) is 7.42. The van der Waals surface area contributed by atoms with Gasteiger partial charge in [0, 0.05) is 86.0 Å². The quantitative estimate of drug-likeness (QED) is 0.262. The molecule has 0 atom stereocenters. The van der Waals surface area contributed by atoms with Crippen LogP contribution in [0, 0.1) is 0 Å². The van der Waals surface area contributed by atoms with Crippen LogP contribution in [0.5, 0.6) is 0 Å². The first-order chi connectivity index (χ1) is 21.7. The fraction of sp³-hybridized carbons (Fsp3) is 0.303. The number of nitrogens with one attached hydrogen (secondary N) is 2. The molecule has 1 saturated heterocycles. The van der Waals surface area contributed by atoms with Crippen molar-refractivity contribution in [3.05, 3.63) is 88.3 Å². The number of nitrogens with zero attached hydrogens (tertiary/aromatic N) is 7. The minimum atomic E-state index is -0.300. The third kappa shape index (κ3) is 5.48.